The molecule has 0 spiro atoms. The highest BCUT2D eigenvalue weighted by Crippen LogP contribution is 2.15. The average molecular weight is 141 g/mol. The third kappa shape index (κ3) is 1.03. The number of carbonyl (C=O) groups excluding carboxylic acids is 2. The summed E-state index contributed by atoms with van der Waals surface area (Å²) in [5.74, 6) is 0.111. The molecule has 1 unspecified atom stereocenters. The van der Waals surface area contributed by atoms with Gasteiger partial charge in [0.2, 0.25) is 5.91 Å². The number of aldehydes is 1. The van der Waals surface area contributed by atoms with Crippen LogP contribution in [0, 0.1) is 0 Å². The highest BCUT2D eigenvalue weighted by atomic mass is 16.2. The lowest BCUT2D eigenvalue weighted by molar-refractivity contribution is -0.130. The van der Waals surface area contributed by atoms with Gasteiger partial charge in [-0.25, -0.2) is 0 Å². The molecule has 1 amide bonds. The first kappa shape index (κ1) is 7.25. The van der Waals surface area contributed by atoms with Gasteiger partial charge in [0.25, 0.3) is 0 Å². The summed E-state index contributed by atoms with van der Waals surface area (Å²) < 4.78 is 0. The van der Waals surface area contributed by atoms with Crippen LogP contribution in [0.2, 0.25) is 0 Å². The Hall–Kier alpha value is -0.860. The molecule has 1 saturated heterocycles. The number of carbonyl (C=O) groups is 2. The van der Waals surface area contributed by atoms with E-state index in [1.54, 1.807) is 4.90 Å². The topological polar surface area (TPSA) is 37.4 Å². The number of likely N-dealkylation sites (tertiary alicyclic amines) is 1. The largest absolute Gasteiger partial charge is 0.333 e. The van der Waals surface area contributed by atoms with Gasteiger partial charge in [0, 0.05) is 13.0 Å². The van der Waals surface area contributed by atoms with Crippen molar-refractivity contribution in [2.75, 3.05) is 6.54 Å². The summed E-state index contributed by atoms with van der Waals surface area (Å²) in [5.41, 5.74) is 0. The Morgan fingerprint density at radius 2 is 2.50 bits per heavy atom. The van der Waals surface area contributed by atoms with E-state index in [-0.39, 0.29) is 11.9 Å². The van der Waals surface area contributed by atoms with Crippen molar-refractivity contribution in [2.24, 2.45) is 0 Å². The number of nitrogens with zero attached hydrogens (tertiary/aromatic N) is 1. The highest BCUT2D eigenvalue weighted by Gasteiger charge is 2.28. The molecule has 0 aliphatic carbocycles. The predicted octanol–water partition coefficient (Wildman–Crippen LogP) is 0.196. The summed E-state index contributed by atoms with van der Waals surface area (Å²) in [4.78, 5) is 22.9. The molecule has 0 aromatic heterocycles. The number of amides is 1. The van der Waals surface area contributed by atoms with Crippen LogP contribution in [0.25, 0.3) is 0 Å². The van der Waals surface area contributed by atoms with Crippen LogP contribution in [-0.4, -0.2) is 29.7 Å². The van der Waals surface area contributed by atoms with E-state index < -0.39 is 0 Å². The standard InChI is InChI=1S/C7H11NO2/c1-2-8-6(5-9)3-4-7(8)10/h5-6H,2-4H2,1H3. The maximum atomic E-state index is 10.9. The van der Waals surface area contributed by atoms with Crippen LogP contribution in [0.15, 0.2) is 0 Å². The quantitative estimate of drug-likeness (QED) is 0.515. The van der Waals surface area contributed by atoms with E-state index in [2.05, 4.69) is 0 Å². The van der Waals surface area contributed by atoms with Crippen molar-refractivity contribution in [3.8, 4) is 0 Å². The van der Waals surface area contributed by atoms with Crippen LogP contribution in [-0.2, 0) is 9.59 Å². The summed E-state index contributed by atoms with van der Waals surface area (Å²) >= 11 is 0. The van der Waals surface area contributed by atoms with E-state index in [4.69, 9.17) is 0 Å². The first-order chi connectivity index (χ1) is 4.79. The van der Waals surface area contributed by atoms with Gasteiger partial charge in [0.1, 0.15) is 6.29 Å². The molecule has 1 aliphatic heterocycles. The molecule has 1 atom stereocenters. The second-order valence-electron chi connectivity index (χ2n) is 2.42. The second-order valence-corrected chi connectivity index (χ2v) is 2.42. The lowest BCUT2D eigenvalue weighted by Gasteiger charge is -2.17. The lowest BCUT2D eigenvalue weighted by atomic mass is 10.2. The first-order valence-electron chi connectivity index (χ1n) is 3.54. The van der Waals surface area contributed by atoms with Crippen molar-refractivity contribution in [1.82, 2.24) is 4.90 Å². The number of hydrogen-bond acceptors (Lipinski definition) is 2. The van der Waals surface area contributed by atoms with Gasteiger partial charge in [0.05, 0.1) is 6.04 Å². The summed E-state index contributed by atoms with van der Waals surface area (Å²) in [6.07, 6.45) is 2.10. The summed E-state index contributed by atoms with van der Waals surface area (Å²) in [7, 11) is 0. The molecule has 1 fully saturated rings. The summed E-state index contributed by atoms with van der Waals surface area (Å²) in [6.45, 7) is 2.54. The molecule has 0 aromatic carbocycles. The zero-order valence-electron chi connectivity index (χ0n) is 6.04. The summed E-state index contributed by atoms with van der Waals surface area (Å²) in [6, 6.07) is -0.141. The fraction of sp³-hybridized carbons (Fsp3) is 0.714. The second kappa shape index (κ2) is 2.82. The van der Waals surface area contributed by atoms with Gasteiger partial charge in [-0.3, -0.25) is 4.79 Å². The van der Waals surface area contributed by atoms with E-state index in [1.165, 1.54) is 0 Å². The SMILES string of the molecule is CCN1C(=O)CCC1C=O. The molecule has 0 N–H and O–H groups in total. The maximum Gasteiger partial charge on any atom is 0.223 e. The third-order valence-corrected chi connectivity index (χ3v) is 1.87. The first-order valence-corrected chi connectivity index (χ1v) is 3.54. The van der Waals surface area contributed by atoms with Crippen molar-refractivity contribution in [2.45, 2.75) is 25.8 Å². The number of hydrogen-bond donors (Lipinski definition) is 0. The van der Waals surface area contributed by atoms with Crippen LogP contribution in [0.5, 0.6) is 0 Å². The zero-order chi connectivity index (χ0) is 7.56. The Labute approximate surface area is 60.0 Å². The molecule has 56 valence electrons. The normalized spacial score (nSPS) is 25.5. The van der Waals surface area contributed by atoms with Crippen LogP contribution in [0.1, 0.15) is 19.8 Å². The maximum absolute atomic E-state index is 10.9. The van der Waals surface area contributed by atoms with Gasteiger partial charge in [-0.1, -0.05) is 0 Å². The molecular formula is C7H11NO2. The molecule has 10 heavy (non-hydrogen) atoms. The fourth-order valence-electron chi connectivity index (χ4n) is 1.31. The Morgan fingerprint density at radius 1 is 1.80 bits per heavy atom. The molecule has 1 heterocycles. The molecule has 0 bridgehead atoms. The van der Waals surface area contributed by atoms with Gasteiger partial charge in [-0.05, 0) is 13.3 Å². The van der Waals surface area contributed by atoms with Crippen LogP contribution < -0.4 is 0 Å². The monoisotopic (exact) mass is 141 g/mol. The smallest absolute Gasteiger partial charge is 0.223 e. The van der Waals surface area contributed by atoms with Crippen LogP contribution >= 0.6 is 0 Å². The number of likely N-dealkylation sites (N-methyl/N-ethyl adjacent to an activating group) is 1. The minimum atomic E-state index is -0.141. The van der Waals surface area contributed by atoms with E-state index in [0.717, 1.165) is 6.29 Å². The van der Waals surface area contributed by atoms with Crippen molar-refractivity contribution in [1.29, 1.82) is 0 Å². The van der Waals surface area contributed by atoms with Gasteiger partial charge in [0.15, 0.2) is 0 Å². The van der Waals surface area contributed by atoms with Crippen molar-refractivity contribution < 1.29 is 9.59 Å². The molecule has 0 saturated carbocycles. The number of rotatable bonds is 2. The highest BCUT2D eigenvalue weighted by molar-refractivity contribution is 5.83. The minimum absolute atomic E-state index is 0.111. The van der Waals surface area contributed by atoms with Crippen LogP contribution in [0.3, 0.4) is 0 Å². The van der Waals surface area contributed by atoms with E-state index in [0.29, 0.717) is 19.4 Å². The van der Waals surface area contributed by atoms with E-state index in [9.17, 15) is 9.59 Å². The van der Waals surface area contributed by atoms with E-state index in [1.807, 2.05) is 6.92 Å². The van der Waals surface area contributed by atoms with Gasteiger partial charge in [-0.15, -0.1) is 0 Å². The van der Waals surface area contributed by atoms with Crippen molar-refractivity contribution in [3.05, 3.63) is 0 Å². The molecule has 3 nitrogen and oxygen atoms in total. The van der Waals surface area contributed by atoms with Crippen molar-refractivity contribution >= 4 is 12.2 Å². The zero-order valence-corrected chi connectivity index (χ0v) is 6.04. The fourth-order valence-corrected chi connectivity index (χ4v) is 1.31. The average Bonchev–Trinajstić information content (AvgIpc) is 2.30. The van der Waals surface area contributed by atoms with E-state index >= 15 is 0 Å². The van der Waals surface area contributed by atoms with Gasteiger partial charge in [-0.2, -0.15) is 0 Å². The van der Waals surface area contributed by atoms with Gasteiger partial charge < -0.3 is 9.69 Å². The molecule has 0 aromatic rings. The predicted molar refractivity (Wildman–Crippen MR) is 36.5 cm³/mol. The molecule has 1 aliphatic rings. The van der Waals surface area contributed by atoms with Crippen LogP contribution in [0.4, 0.5) is 0 Å². The molecule has 1 rings (SSSR count). The molecular weight excluding hydrogens is 130 g/mol. The Balaban J connectivity index is 2.62. The summed E-state index contributed by atoms with van der Waals surface area (Å²) in [5, 5.41) is 0. The van der Waals surface area contributed by atoms with Gasteiger partial charge >= 0.3 is 0 Å². The minimum Gasteiger partial charge on any atom is -0.333 e. The third-order valence-electron chi connectivity index (χ3n) is 1.87. The Kier molecular flexibility index (Phi) is 2.04. The Bertz CT molecular complexity index is 156. The lowest BCUT2D eigenvalue weighted by Crippen LogP contribution is -2.33. The van der Waals surface area contributed by atoms with Crippen molar-refractivity contribution in [3.63, 3.8) is 0 Å². The Morgan fingerprint density at radius 3 is 2.90 bits per heavy atom. The molecule has 3 heteroatoms. The molecule has 0 radical (unpaired) electrons.